The summed E-state index contributed by atoms with van der Waals surface area (Å²) < 4.78 is 0. The summed E-state index contributed by atoms with van der Waals surface area (Å²) in [5.41, 5.74) is 3.42. The fourth-order valence-electron chi connectivity index (χ4n) is 4.93. The lowest BCUT2D eigenvalue weighted by molar-refractivity contribution is 0.128. The summed E-state index contributed by atoms with van der Waals surface area (Å²) in [5, 5.41) is 13.5. The molecular weight excluding hydrogens is 344 g/mol. The molecule has 3 heterocycles. The Kier molecular flexibility index (Phi) is 5.48. The molecule has 4 rings (SSSR count). The Morgan fingerprint density at radius 2 is 1.75 bits per heavy atom. The highest BCUT2D eigenvalue weighted by molar-refractivity contribution is 5.33. The number of piperidine rings is 2. The van der Waals surface area contributed by atoms with Crippen molar-refractivity contribution in [2.24, 2.45) is 0 Å². The topological polar surface area (TPSA) is 52.0 Å². The Hall–Kier alpha value is -2.22. The van der Waals surface area contributed by atoms with Crippen molar-refractivity contribution in [3.63, 3.8) is 0 Å². The largest absolute Gasteiger partial charge is 0.317 e. The zero-order chi connectivity index (χ0) is 19.5. The van der Waals surface area contributed by atoms with Crippen molar-refractivity contribution in [1.82, 2.24) is 15.2 Å². The first-order valence-corrected chi connectivity index (χ1v) is 10.5. The van der Waals surface area contributed by atoms with Crippen molar-refractivity contribution < 1.29 is 0 Å². The van der Waals surface area contributed by atoms with Gasteiger partial charge in [0.25, 0.3) is 0 Å². The van der Waals surface area contributed by atoms with Gasteiger partial charge < -0.3 is 10.2 Å². The molecule has 0 unspecified atom stereocenters. The molecule has 0 spiro atoms. The minimum Gasteiger partial charge on any atom is -0.317 e. The third-order valence-electron chi connectivity index (χ3n) is 6.79. The van der Waals surface area contributed by atoms with Crippen LogP contribution in [0.25, 0.3) is 0 Å². The van der Waals surface area contributed by atoms with Gasteiger partial charge >= 0.3 is 0 Å². The second-order valence-corrected chi connectivity index (χ2v) is 8.59. The highest BCUT2D eigenvalue weighted by Gasteiger charge is 2.41. The van der Waals surface area contributed by atoms with Gasteiger partial charge in [0.05, 0.1) is 11.5 Å². The SMILES string of the molecule is Cc1ccc(C2(CN3CCC(C#N)(c4ccccc4)CC3)CCNCC2)nc1. The van der Waals surface area contributed by atoms with Crippen LogP contribution in [0, 0.1) is 18.3 Å². The van der Waals surface area contributed by atoms with Crippen molar-refractivity contribution in [1.29, 1.82) is 5.26 Å². The minimum absolute atomic E-state index is 0.123. The van der Waals surface area contributed by atoms with E-state index in [1.807, 2.05) is 24.4 Å². The van der Waals surface area contributed by atoms with Gasteiger partial charge in [-0.3, -0.25) is 4.98 Å². The molecule has 2 aliphatic rings. The normalized spacial score (nSPS) is 21.7. The van der Waals surface area contributed by atoms with E-state index in [2.05, 4.69) is 47.5 Å². The number of likely N-dealkylation sites (tertiary alicyclic amines) is 1. The summed E-state index contributed by atoms with van der Waals surface area (Å²) in [6.07, 6.45) is 6.07. The lowest BCUT2D eigenvalue weighted by Gasteiger charge is -2.44. The predicted octanol–water partition coefficient (Wildman–Crippen LogP) is 3.57. The van der Waals surface area contributed by atoms with E-state index in [9.17, 15) is 5.26 Å². The molecule has 2 aromatic rings. The van der Waals surface area contributed by atoms with Crippen molar-refractivity contribution in [2.45, 2.75) is 43.4 Å². The smallest absolute Gasteiger partial charge is 0.0846 e. The van der Waals surface area contributed by atoms with Crippen molar-refractivity contribution in [2.75, 3.05) is 32.7 Å². The molecule has 0 saturated carbocycles. The molecule has 1 N–H and O–H groups in total. The number of nitrogens with one attached hydrogen (secondary N) is 1. The first-order valence-electron chi connectivity index (χ1n) is 10.5. The van der Waals surface area contributed by atoms with E-state index in [4.69, 9.17) is 4.98 Å². The van der Waals surface area contributed by atoms with Crippen LogP contribution in [0.2, 0.25) is 0 Å². The standard InChI is InChI=1S/C24H30N4/c1-20-7-8-22(27-17-20)24(9-13-26-14-10-24)19-28-15-11-23(18-25,12-16-28)21-5-3-2-4-6-21/h2-8,17,26H,9-16,19H2,1H3. The Bertz CT molecular complexity index is 808. The summed E-state index contributed by atoms with van der Waals surface area (Å²) in [4.78, 5) is 7.40. The van der Waals surface area contributed by atoms with Crippen molar-refractivity contribution in [3.05, 3.63) is 65.5 Å². The van der Waals surface area contributed by atoms with Gasteiger partial charge in [0.15, 0.2) is 0 Å². The molecule has 2 fully saturated rings. The van der Waals surface area contributed by atoms with Crippen LogP contribution in [-0.4, -0.2) is 42.6 Å². The van der Waals surface area contributed by atoms with Crippen LogP contribution >= 0.6 is 0 Å². The Labute approximate surface area is 168 Å². The summed E-state index contributed by atoms with van der Waals surface area (Å²) in [6, 6.07) is 17.4. The minimum atomic E-state index is -0.332. The molecule has 4 heteroatoms. The Morgan fingerprint density at radius 3 is 2.36 bits per heavy atom. The van der Waals surface area contributed by atoms with E-state index in [1.54, 1.807) is 0 Å². The monoisotopic (exact) mass is 374 g/mol. The maximum Gasteiger partial charge on any atom is 0.0846 e. The number of hydrogen-bond acceptors (Lipinski definition) is 4. The average Bonchev–Trinajstić information content (AvgIpc) is 2.76. The lowest BCUT2D eigenvalue weighted by atomic mass is 9.72. The molecule has 0 aliphatic carbocycles. The van der Waals surface area contributed by atoms with Gasteiger partial charge in [-0.2, -0.15) is 5.26 Å². The number of benzene rings is 1. The van der Waals surface area contributed by atoms with Gasteiger partial charge in [-0.25, -0.2) is 0 Å². The number of nitriles is 1. The fourth-order valence-corrected chi connectivity index (χ4v) is 4.93. The summed E-state index contributed by atoms with van der Waals surface area (Å²) in [7, 11) is 0. The summed E-state index contributed by atoms with van der Waals surface area (Å²) in [6.45, 7) is 7.20. The van der Waals surface area contributed by atoms with E-state index >= 15 is 0 Å². The maximum absolute atomic E-state index is 9.97. The van der Waals surface area contributed by atoms with Crippen LogP contribution in [-0.2, 0) is 10.8 Å². The van der Waals surface area contributed by atoms with E-state index in [1.165, 1.54) is 16.8 Å². The molecule has 2 saturated heterocycles. The Balaban J connectivity index is 1.50. The zero-order valence-corrected chi connectivity index (χ0v) is 16.8. The molecule has 4 nitrogen and oxygen atoms in total. The third-order valence-corrected chi connectivity index (χ3v) is 6.79. The second-order valence-electron chi connectivity index (χ2n) is 8.59. The van der Waals surface area contributed by atoms with E-state index in [0.29, 0.717) is 0 Å². The van der Waals surface area contributed by atoms with Gasteiger partial charge in [0.1, 0.15) is 0 Å². The predicted molar refractivity (Wildman–Crippen MR) is 112 cm³/mol. The number of pyridine rings is 1. The van der Waals surface area contributed by atoms with Crippen LogP contribution in [0.4, 0.5) is 0 Å². The highest BCUT2D eigenvalue weighted by atomic mass is 15.1. The molecule has 0 radical (unpaired) electrons. The first-order chi connectivity index (χ1) is 13.7. The molecule has 2 aliphatic heterocycles. The zero-order valence-electron chi connectivity index (χ0n) is 16.8. The fraction of sp³-hybridized carbons (Fsp3) is 0.500. The quantitative estimate of drug-likeness (QED) is 0.889. The van der Waals surface area contributed by atoms with Gasteiger partial charge in [-0.05, 0) is 62.9 Å². The maximum atomic E-state index is 9.97. The summed E-state index contributed by atoms with van der Waals surface area (Å²) >= 11 is 0. The van der Waals surface area contributed by atoms with Crippen LogP contribution in [0.3, 0.4) is 0 Å². The number of nitrogens with zero attached hydrogens (tertiary/aromatic N) is 3. The van der Waals surface area contributed by atoms with Crippen LogP contribution < -0.4 is 5.32 Å². The van der Waals surface area contributed by atoms with E-state index < -0.39 is 0 Å². The highest BCUT2D eigenvalue weighted by Crippen LogP contribution is 2.38. The summed E-state index contributed by atoms with van der Waals surface area (Å²) in [5.74, 6) is 0. The number of hydrogen-bond donors (Lipinski definition) is 1. The van der Waals surface area contributed by atoms with E-state index in [-0.39, 0.29) is 10.8 Å². The van der Waals surface area contributed by atoms with E-state index in [0.717, 1.165) is 58.4 Å². The third kappa shape index (κ3) is 3.70. The van der Waals surface area contributed by atoms with Gasteiger partial charge in [0.2, 0.25) is 0 Å². The average molecular weight is 375 g/mol. The number of aryl methyl sites for hydroxylation is 1. The molecule has 28 heavy (non-hydrogen) atoms. The molecule has 0 amide bonds. The van der Waals surface area contributed by atoms with Crippen molar-refractivity contribution in [3.8, 4) is 6.07 Å². The van der Waals surface area contributed by atoms with Gasteiger partial charge in [-0.15, -0.1) is 0 Å². The molecule has 146 valence electrons. The Morgan fingerprint density at radius 1 is 1.04 bits per heavy atom. The molecule has 1 aromatic carbocycles. The molecular formula is C24H30N4. The van der Waals surface area contributed by atoms with Crippen molar-refractivity contribution >= 4 is 0 Å². The van der Waals surface area contributed by atoms with Crippen LogP contribution in [0.1, 0.15) is 42.5 Å². The number of rotatable bonds is 4. The molecule has 0 bridgehead atoms. The van der Waals surface area contributed by atoms with Crippen LogP contribution in [0.5, 0.6) is 0 Å². The number of aromatic nitrogens is 1. The van der Waals surface area contributed by atoms with Gasteiger partial charge in [0, 0.05) is 36.9 Å². The molecule has 1 aromatic heterocycles. The lowest BCUT2D eigenvalue weighted by Crippen LogP contribution is -2.51. The van der Waals surface area contributed by atoms with Crippen LogP contribution in [0.15, 0.2) is 48.7 Å². The second kappa shape index (κ2) is 8.03. The first kappa shape index (κ1) is 19.1. The van der Waals surface area contributed by atoms with Gasteiger partial charge in [-0.1, -0.05) is 36.4 Å². The molecule has 0 atom stereocenters.